The molecule has 0 aromatic rings. The van der Waals surface area contributed by atoms with Crippen LogP contribution in [0, 0.1) is 0 Å². The Morgan fingerprint density at radius 1 is 1.38 bits per heavy atom. The number of rotatable bonds is 7. The summed E-state index contributed by atoms with van der Waals surface area (Å²) >= 11 is -2.33. The van der Waals surface area contributed by atoms with Crippen molar-refractivity contribution in [2.45, 2.75) is 31.1 Å². The van der Waals surface area contributed by atoms with Crippen molar-refractivity contribution in [3.05, 3.63) is 0 Å². The summed E-state index contributed by atoms with van der Waals surface area (Å²) in [5, 5.41) is 19.7. The van der Waals surface area contributed by atoms with Gasteiger partial charge >= 0.3 is 11.9 Å². The van der Waals surface area contributed by atoms with E-state index in [2.05, 4.69) is 5.32 Å². The number of aliphatic carboxylic acids is 2. The molecule has 0 aromatic carbocycles. The highest BCUT2D eigenvalue weighted by Gasteiger charge is 2.40. The molecule has 0 aliphatic heterocycles. The fourth-order valence-corrected chi connectivity index (χ4v) is 1.44. The minimum Gasteiger partial charge on any atom is -0.481 e. The van der Waals surface area contributed by atoms with Gasteiger partial charge in [0.05, 0.1) is 11.2 Å². The molecule has 0 amide bonds. The predicted octanol–water partition coefficient (Wildman–Crippen LogP) is -0.496. The quantitative estimate of drug-likeness (QED) is 0.451. The normalized spacial score (nSPS) is 15.4. The Bertz CT molecular complexity index is 303. The molecule has 0 saturated heterocycles. The Morgan fingerprint density at radius 3 is 2.19 bits per heavy atom. The predicted molar refractivity (Wildman–Crippen MR) is 56.5 cm³/mol. The summed E-state index contributed by atoms with van der Waals surface area (Å²) in [6.07, 6.45) is -0.252. The molecule has 94 valence electrons. The second-order valence-electron chi connectivity index (χ2n) is 3.72. The zero-order valence-electron chi connectivity index (χ0n) is 8.97. The van der Waals surface area contributed by atoms with Crippen LogP contribution in [0.25, 0.3) is 0 Å². The lowest BCUT2D eigenvalue weighted by Crippen LogP contribution is -2.54. The van der Waals surface area contributed by atoms with Gasteiger partial charge < -0.3 is 20.1 Å². The van der Waals surface area contributed by atoms with Gasteiger partial charge in [0.2, 0.25) is 0 Å². The Labute approximate surface area is 95.1 Å². The van der Waals surface area contributed by atoms with Crippen molar-refractivity contribution in [1.29, 1.82) is 0 Å². The van der Waals surface area contributed by atoms with Crippen molar-refractivity contribution in [3.63, 3.8) is 0 Å². The lowest BCUT2D eigenvalue weighted by atomic mass is 10.0. The van der Waals surface area contributed by atoms with Crippen LogP contribution < -0.4 is 5.32 Å². The number of carboxylic acid groups (broad SMARTS) is 2. The third-order valence-electron chi connectivity index (χ3n) is 2.08. The molecule has 0 saturated carbocycles. The molecule has 0 aliphatic rings. The van der Waals surface area contributed by atoms with Crippen molar-refractivity contribution in [2.75, 3.05) is 6.54 Å². The van der Waals surface area contributed by atoms with Crippen LogP contribution in [-0.2, 0) is 20.7 Å². The van der Waals surface area contributed by atoms with E-state index in [9.17, 15) is 13.8 Å². The molecule has 0 radical (unpaired) electrons. The second kappa shape index (κ2) is 5.92. The van der Waals surface area contributed by atoms with E-state index in [-0.39, 0.29) is 13.0 Å². The van der Waals surface area contributed by atoms with Gasteiger partial charge in [-0.05, 0) is 13.8 Å². The number of carboxylic acids is 2. The first-order chi connectivity index (χ1) is 7.19. The zero-order valence-corrected chi connectivity index (χ0v) is 9.78. The van der Waals surface area contributed by atoms with Gasteiger partial charge in [0.1, 0.15) is 6.04 Å². The molecule has 4 N–H and O–H groups in total. The van der Waals surface area contributed by atoms with Crippen LogP contribution in [0.3, 0.4) is 0 Å². The largest absolute Gasteiger partial charge is 0.481 e. The van der Waals surface area contributed by atoms with Crippen LogP contribution >= 0.6 is 0 Å². The maximum atomic E-state index is 11.0. The van der Waals surface area contributed by atoms with Gasteiger partial charge in [0, 0.05) is 6.54 Å². The Kier molecular flexibility index (Phi) is 5.56. The maximum absolute atomic E-state index is 11.0. The van der Waals surface area contributed by atoms with Crippen LogP contribution in [0.15, 0.2) is 0 Å². The lowest BCUT2D eigenvalue weighted by Gasteiger charge is -2.28. The molecule has 0 rings (SSSR count). The molecule has 16 heavy (non-hydrogen) atoms. The molecule has 8 heteroatoms. The van der Waals surface area contributed by atoms with Crippen molar-refractivity contribution < 1.29 is 28.6 Å². The zero-order chi connectivity index (χ0) is 12.9. The lowest BCUT2D eigenvalue weighted by molar-refractivity contribution is -0.141. The van der Waals surface area contributed by atoms with E-state index in [1.54, 1.807) is 0 Å². The van der Waals surface area contributed by atoms with Crippen molar-refractivity contribution >= 4 is 23.0 Å². The van der Waals surface area contributed by atoms with E-state index in [1.165, 1.54) is 13.8 Å². The van der Waals surface area contributed by atoms with Crippen LogP contribution in [0.5, 0.6) is 0 Å². The number of hydrogen-bond donors (Lipinski definition) is 4. The number of carbonyl (C=O) groups is 2. The second-order valence-corrected chi connectivity index (χ2v) is 5.27. The molecular weight excluding hydrogens is 238 g/mol. The van der Waals surface area contributed by atoms with Crippen molar-refractivity contribution in [1.82, 2.24) is 5.32 Å². The van der Waals surface area contributed by atoms with Gasteiger partial charge in [0.25, 0.3) is 0 Å². The Balaban J connectivity index is 4.57. The van der Waals surface area contributed by atoms with E-state index < -0.39 is 33.8 Å². The van der Waals surface area contributed by atoms with Crippen LogP contribution in [0.2, 0.25) is 0 Å². The first-order valence-electron chi connectivity index (χ1n) is 4.48. The Morgan fingerprint density at radius 2 is 1.88 bits per heavy atom. The van der Waals surface area contributed by atoms with E-state index in [4.69, 9.17) is 14.8 Å². The fraction of sp³-hybridized carbons (Fsp3) is 0.750. The van der Waals surface area contributed by atoms with Gasteiger partial charge in [-0.25, -0.2) is 4.21 Å². The molecule has 0 aliphatic carbocycles. The summed E-state index contributed by atoms with van der Waals surface area (Å²) in [6.45, 7) is 2.55. The summed E-state index contributed by atoms with van der Waals surface area (Å²) < 4.78 is 18.5. The van der Waals surface area contributed by atoms with Crippen molar-refractivity contribution in [2.24, 2.45) is 0 Å². The van der Waals surface area contributed by atoms with Gasteiger partial charge in [-0.1, -0.05) is 0 Å². The molecule has 0 fully saturated rings. The van der Waals surface area contributed by atoms with E-state index in [0.717, 1.165) is 0 Å². The number of hydrogen-bond acceptors (Lipinski definition) is 4. The molecule has 7 nitrogen and oxygen atoms in total. The smallest absolute Gasteiger partial charge is 0.322 e. The molecule has 2 atom stereocenters. The van der Waals surface area contributed by atoms with Gasteiger partial charge in [-0.15, -0.1) is 0 Å². The third-order valence-corrected chi connectivity index (χ3v) is 3.22. The van der Waals surface area contributed by atoms with E-state index in [1.807, 2.05) is 0 Å². The molecular formula is C8H15NO6S. The average molecular weight is 253 g/mol. The highest BCUT2D eigenvalue weighted by Crippen LogP contribution is 2.17. The summed E-state index contributed by atoms with van der Waals surface area (Å²) in [5.74, 6) is -2.36. The SMILES string of the molecule is CC(C)([C@@H](NCCC(=O)O)C(=O)O)S(=O)O. The van der Waals surface area contributed by atoms with Gasteiger partial charge in [-0.3, -0.25) is 9.59 Å². The highest BCUT2D eigenvalue weighted by atomic mass is 32.2. The topological polar surface area (TPSA) is 124 Å². The van der Waals surface area contributed by atoms with Crippen LogP contribution in [-0.4, -0.2) is 48.2 Å². The van der Waals surface area contributed by atoms with Gasteiger partial charge in [0.15, 0.2) is 11.1 Å². The number of nitrogens with one attached hydrogen (secondary N) is 1. The molecule has 0 heterocycles. The average Bonchev–Trinajstić information content (AvgIpc) is 2.10. The minimum atomic E-state index is -2.33. The molecule has 0 aromatic heterocycles. The monoisotopic (exact) mass is 253 g/mol. The minimum absolute atomic E-state index is 0.0765. The first kappa shape index (κ1) is 15.0. The summed E-state index contributed by atoms with van der Waals surface area (Å²) in [7, 11) is 0. The molecule has 0 bridgehead atoms. The van der Waals surface area contributed by atoms with Crippen LogP contribution in [0.1, 0.15) is 20.3 Å². The molecule has 1 unspecified atom stereocenters. The van der Waals surface area contributed by atoms with Crippen molar-refractivity contribution in [3.8, 4) is 0 Å². The first-order valence-corrected chi connectivity index (χ1v) is 5.59. The van der Waals surface area contributed by atoms with E-state index in [0.29, 0.717) is 0 Å². The summed E-state index contributed by atoms with van der Waals surface area (Å²) in [4.78, 5) is 21.1. The van der Waals surface area contributed by atoms with Crippen LogP contribution in [0.4, 0.5) is 0 Å². The van der Waals surface area contributed by atoms with Gasteiger partial charge in [-0.2, -0.15) is 0 Å². The highest BCUT2D eigenvalue weighted by molar-refractivity contribution is 7.80. The third kappa shape index (κ3) is 4.25. The molecule has 0 spiro atoms. The van der Waals surface area contributed by atoms with E-state index >= 15 is 0 Å². The summed E-state index contributed by atoms with van der Waals surface area (Å²) in [6, 6.07) is -1.28. The summed E-state index contributed by atoms with van der Waals surface area (Å²) in [5.41, 5.74) is 0. The Hall–Kier alpha value is -0.990. The maximum Gasteiger partial charge on any atom is 0.322 e. The fourth-order valence-electron chi connectivity index (χ4n) is 1.05. The standard InChI is InChI=1S/C8H15NO6S/c1-8(2,16(14)15)6(7(12)13)9-4-3-5(10)11/h6,9H,3-4H2,1-2H3,(H,10,11)(H,12,13)(H,14,15)/t6-/m0/s1.